The van der Waals surface area contributed by atoms with E-state index in [1.54, 1.807) is 7.11 Å². The van der Waals surface area contributed by atoms with E-state index in [4.69, 9.17) is 18.9 Å². The second-order valence-electron chi connectivity index (χ2n) is 4.84. The molecule has 2 aliphatic rings. The van der Waals surface area contributed by atoms with Gasteiger partial charge in [0.25, 0.3) is 0 Å². The fraction of sp³-hybridized carbons (Fsp3) is 0.571. The van der Waals surface area contributed by atoms with Gasteiger partial charge < -0.3 is 24.1 Å². The van der Waals surface area contributed by atoms with Gasteiger partial charge in [-0.15, -0.1) is 0 Å². The highest BCUT2D eigenvalue weighted by Crippen LogP contribution is 2.37. The second kappa shape index (κ2) is 5.56. The number of aliphatic hydroxyl groups is 1. The molecule has 0 amide bonds. The highest BCUT2D eigenvalue weighted by atomic mass is 16.7. The lowest BCUT2D eigenvalue weighted by Gasteiger charge is -2.23. The van der Waals surface area contributed by atoms with Gasteiger partial charge in [-0.1, -0.05) is 30.3 Å². The molecule has 2 fully saturated rings. The van der Waals surface area contributed by atoms with Crippen LogP contribution in [0.15, 0.2) is 30.3 Å². The third-order valence-electron chi connectivity index (χ3n) is 3.66. The molecule has 5 nitrogen and oxygen atoms in total. The molecule has 0 radical (unpaired) electrons. The predicted octanol–water partition coefficient (Wildman–Crippen LogP) is 0.908. The van der Waals surface area contributed by atoms with Crippen molar-refractivity contribution in [3.8, 4) is 0 Å². The lowest BCUT2D eigenvalue weighted by atomic mass is 10.0. The number of hydrogen-bond acceptors (Lipinski definition) is 5. The van der Waals surface area contributed by atoms with Crippen LogP contribution >= 0.6 is 0 Å². The number of rotatable bonds is 4. The molecule has 104 valence electrons. The Morgan fingerprint density at radius 3 is 2.84 bits per heavy atom. The molecule has 0 unspecified atom stereocenters. The van der Waals surface area contributed by atoms with Crippen molar-refractivity contribution >= 4 is 0 Å². The number of hydrogen-bond donors (Lipinski definition) is 1. The minimum Gasteiger partial charge on any atom is -0.368 e. The summed E-state index contributed by atoms with van der Waals surface area (Å²) in [4.78, 5) is 0. The molecular weight excluding hydrogens is 248 g/mol. The van der Waals surface area contributed by atoms with Gasteiger partial charge >= 0.3 is 0 Å². The fourth-order valence-electron chi connectivity index (χ4n) is 2.68. The van der Waals surface area contributed by atoms with Gasteiger partial charge in [0.2, 0.25) is 0 Å². The van der Waals surface area contributed by atoms with Gasteiger partial charge in [0.05, 0.1) is 25.2 Å². The second-order valence-corrected chi connectivity index (χ2v) is 4.84. The fourth-order valence-corrected chi connectivity index (χ4v) is 2.68. The largest absolute Gasteiger partial charge is 0.368 e. The molecule has 19 heavy (non-hydrogen) atoms. The summed E-state index contributed by atoms with van der Waals surface area (Å²) in [5, 5.41) is 9.84. The van der Waals surface area contributed by atoms with E-state index in [1.165, 1.54) is 0 Å². The van der Waals surface area contributed by atoms with Crippen LogP contribution in [0.1, 0.15) is 5.56 Å². The monoisotopic (exact) mass is 266 g/mol. The summed E-state index contributed by atoms with van der Waals surface area (Å²) in [5.74, 6) is -0.186. The SMILES string of the molecule is CO[C@H]1O[C@@H]2CO[C@@H](O)[C@@H]2[C@@H]1OCc1ccccc1. The van der Waals surface area contributed by atoms with Crippen LogP contribution in [0.2, 0.25) is 0 Å². The van der Waals surface area contributed by atoms with Crippen molar-refractivity contribution < 1.29 is 24.1 Å². The van der Waals surface area contributed by atoms with Gasteiger partial charge in [-0.3, -0.25) is 0 Å². The molecule has 2 heterocycles. The Hall–Kier alpha value is -0.980. The van der Waals surface area contributed by atoms with E-state index in [0.717, 1.165) is 5.56 Å². The Morgan fingerprint density at radius 2 is 2.11 bits per heavy atom. The van der Waals surface area contributed by atoms with E-state index in [0.29, 0.717) is 13.2 Å². The van der Waals surface area contributed by atoms with Gasteiger partial charge in [-0.05, 0) is 5.56 Å². The van der Waals surface area contributed by atoms with Crippen LogP contribution in [0.25, 0.3) is 0 Å². The Kier molecular flexibility index (Phi) is 3.81. The van der Waals surface area contributed by atoms with E-state index < -0.39 is 12.6 Å². The van der Waals surface area contributed by atoms with Crippen LogP contribution in [0.5, 0.6) is 0 Å². The lowest BCUT2D eigenvalue weighted by molar-refractivity contribution is -0.192. The molecule has 2 saturated heterocycles. The molecule has 5 atom stereocenters. The van der Waals surface area contributed by atoms with Crippen molar-refractivity contribution in [1.29, 1.82) is 0 Å². The topological polar surface area (TPSA) is 57.2 Å². The summed E-state index contributed by atoms with van der Waals surface area (Å²) in [7, 11) is 1.58. The molecule has 0 saturated carbocycles. The lowest BCUT2D eigenvalue weighted by Crippen LogP contribution is -2.36. The predicted molar refractivity (Wildman–Crippen MR) is 66.1 cm³/mol. The maximum absolute atomic E-state index is 9.84. The minimum absolute atomic E-state index is 0.152. The Balaban J connectivity index is 1.67. The molecule has 0 spiro atoms. The molecule has 5 heteroatoms. The van der Waals surface area contributed by atoms with Gasteiger partial charge in [0.15, 0.2) is 12.6 Å². The molecule has 0 aromatic heterocycles. The van der Waals surface area contributed by atoms with Crippen LogP contribution in [0.3, 0.4) is 0 Å². The van der Waals surface area contributed by atoms with Crippen molar-refractivity contribution in [1.82, 2.24) is 0 Å². The summed E-state index contributed by atoms with van der Waals surface area (Å²) in [6.07, 6.45) is -1.75. The van der Waals surface area contributed by atoms with Crippen molar-refractivity contribution in [2.45, 2.75) is 31.4 Å². The van der Waals surface area contributed by atoms with E-state index in [-0.39, 0.29) is 18.1 Å². The maximum Gasteiger partial charge on any atom is 0.184 e. The normalized spacial score (nSPS) is 37.5. The first-order valence-corrected chi connectivity index (χ1v) is 6.43. The number of benzene rings is 1. The van der Waals surface area contributed by atoms with Crippen LogP contribution < -0.4 is 0 Å². The molecule has 1 N–H and O–H groups in total. The molecule has 3 rings (SSSR count). The van der Waals surface area contributed by atoms with Crippen molar-refractivity contribution in [2.24, 2.45) is 5.92 Å². The smallest absolute Gasteiger partial charge is 0.184 e. The average Bonchev–Trinajstić information content (AvgIpc) is 2.98. The Labute approximate surface area is 112 Å². The van der Waals surface area contributed by atoms with Crippen molar-refractivity contribution in [2.75, 3.05) is 13.7 Å². The molecule has 0 aliphatic carbocycles. The van der Waals surface area contributed by atoms with E-state index in [9.17, 15) is 5.11 Å². The minimum atomic E-state index is -0.842. The van der Waals surface area contributed by atoms with Crippen LogP contribution in [0.4, 0.5) is 0 Å². The van der Waals surface area contributed by atoms with E-state index >= 15 is 0 Å². The van der Waals surface area contributed by atoms with Gasteiger partial charge in [0, 0.05) is 7.11 Å². The van der Waals surface area contributed by atoms with Crippen LogP contribution in [-0.4, -0.2) is 43.6 Å². The van der Waals surface area contributed by atoms with Gasteiger partial charge in [0.1, 0.15) is 6.10 Å². The van der Waals surface area contributed by atoms with E-state index in [1.807, 2.05) is 30.3 Å². The summed E-state index contributed by atoms with van der Waals surface area (Å²) in [5.41, 5.74) is 1.08. The van der Waals surface area contributed by atoms with Crippen LogP contribution in [-0.2, 0) is 25.6 Å². The highest BCUT2D eigenvalue weighted by Gasteiger charge is 2.53. The number of fused-ring (bicyclic) bond motifs is 1. The van der Waals surface area contributed by atoms with Gasteiger partial charge in [-0.2, -0.15) is 0 Å². The maximum atomic E-state index is 9.84. The third-order valence-corrected chi connectivity index (χ3v) is 3.66. The quantitative estimate of drug-likeness (QED) is 0.877. The number of methoxy groups -OCH3 is 1. The summed E-state index contributed by atoms with van der Waals surface area (Å²) < 4.78 is 22.0. The highest BCUT2D eigenvalue weighted by molar-refractivity contribution is 5.13. The first kappa shape index (κ1) is 13.0. The molecule has 0 bridgehead atoms. The molecule has 2 aliphatic heterocycles. The number of ether oxygens (including phenoxy) is 4. The van der Waals surface area contributed by atoms with E-state index in [2.05, 4.69) is 0 Å². The first-order chi connectivity index (χ1) is 9.29. The standard InChI is InChI=1S/C14H18O5/c1-16-14-12(11-10(19-14)8-18-13(11)15)17-7-9-5-3-2-4-6-9/h2-6,10-15H,7-8H2,1H3/t10-,11+,12+,13-,14+/m1/s1. The van der Waals surface area contributed by atoms with Crippen molar-refractivity contribution in [3.63, 3.8) is 0 Å². The molecule has 1 aromatic carbocycles. The van der Waals surface area contributed by atoms with Gasteiger partial charge in [-0.25, -0.2) is 0 Å². The summed E-state index contributed by atoms with van der Waals surface area (Å²) in [6, 6.07) is 9.89. The average molecular weight is 266 g/mol. The van der Waals surface area contributed by atoms with Crippen molar-refractivity contribution in [3.05, 3.63) is 35.9 Å². The zero-order valence-corrected chi connectivity index (χ0v) is 10.8. The third kappa shape index (κ3) is 2.52. The zero-order valence-electron chi connectivity index (χ0n) is 10.8. The molecular formula is C14H18O5. The molecule has 1 aromatic rings. The Bertz CT molecular complexity index is 410. The first-order valence-electron chi connectivity index (χ1n) is 6.43. The van der Waals surface area contributed by atoms with Crippen LogP contribution in [0, 0.1) is 5.92 Å². The summed E-state index contributed by atoms with van der Waals surface area (Å²) >= 11 is 0. The number of aliphatic hydroxyl groups excluding tert-OH is 1. The Morgan fingerprint density at radius 1 is 1.32 bits per heavy atom. The zero-order chi connectivity index (χ0) is 13.2. The summed E-state index contributed by atoms with van der Waals surface area (Å²) in [6.45, 7) is 0.849.